The molecule has 88 valence electrons. The van der Waals surface area contributed by atoms with Crippen LogP contribution in [0.4, 0.5) is 5.69 Å². The summed E-state index contributed by atoms with van der Waals surface area (Å²) in [6.45, 7) is 2.89. The molecule has 1 atom stereocenters. The highest BCUT2D eigenvalue weighted by atomic mass is 15.2. The van der Waals surface area contributed by atoms with Gasteiger partial charge in [0, 0.05) is 23.1 Å². The fourth-order valence-corrected chi connectivity index (χ4v) is 3.00. The second kappa shape index (κ2) is 3.45. The summed E-state index contributed by atoms with van der Waals surface area (Å²) in [5.41, 5.74) is 5.42. The molecule has 4 rings (SSSR count). The third-order valence-corrected chi connectivity index (χ3v) is 4.09. The van der Waals surface area contributed by atoms with Gasteiger partial charge in [0.25, 0.3) is 0 Å². The van der Waals surface area contributed by atoms with Gasteiger partial charge in [-0.25, -0.2) is 0 Å². The van der Waals surface area contributed by atoms with Crippen LogP contribution in [0.5, 0.6) is 0 Å². The normalized spacial score (nSPS) is 22.1. The average Bonchev–Trinajstić information content (AvgIpc) is 2.40. The Hall–Kier alpha value is -2.14. The standard InChI is InChI=1S/C17H12BN/c1-17(18)15-8-4-7-13-10-9-12-5-2-3-6-14(12)11-19(17)16(13)15/h2-8H,11H2,1H3/t17-/m1/s1. The molecular formula is C17H12BN. The topological polar surface area (TPSA) is 3.24 Å². The number of para-hydroxylation sites is 1. The minimum absolute atomic E-state index is 0.391. The van der Waals surface area contributed by atoms with Crippen LogP contribution in [0.15, 0.2) is 42.5 Å². The van der Waals surface area contributed by atoms with Gasteiger partial charge in [-0.2, -0.15) is 0 Å². The van der Waals surface area contributed by atoms with E-state index < -0.39 is 5.44 Å². The molecule has 0 saturated heterocycles. The highest BCUT2D eigenvalue weighted by Crippen LogP contribution is 2.48. The zero-order valence-corrected chi connectivity index (χ0v) is 10.8. The Bertz CT molecular complexity index is 749. The first-order valence-electron chi connectivity index (χ1n) is 6.48. The van der Waals surface area contributed by atoms with Crippen LogP contribution in [0.3, 0.4) is 0 Å². The summed E-state index contributed by atoms with van der Waals surface area (Å²) in [6, 6.07) is 14.5. The summed E-state index contributed by atoms with van der Waals surface area (Å²) < 4.78 is 0. The van der Waals surface area contributed by atoms with Gasteiger partial charge in [-0.3, -0.25) is 0 Å². The molecule has 2 heterocycles. The maximum absolute atomic E-state index is 6.45. The van der Waals surface area contributed by atoms with Crippen molar-refractivity contribution in [2.45, 2.75) is 18.9 Å². The predicted molar refractivity (Wildman–Crippen MR) is 78.2 cm³/mol. The number of rotatable bonds is 0. The SMILES string of the molecule is [B][C@@]1(C)c2cccc3c2N1Cc1ccccc1C#C3. The van der Waals surface area contributed by atoms with E-state index in [9.17, 15) is 0 Å². The van der Waals surface area contributed by atoms with E-state index >= 15 is 0 Å². The average molecular weight is 241 g/mol. The van der Waals surface area contributed by atoms with Gasteiger partial charge < -0.3 is 4.90 Å². The van der Waals surface area contributed by atoms with Crippen molar-refractivity contribution in [3.05, 3.63) is 64.7 Å². The number of fused-ring (bicyclic) bond motifs is 1. The van der Waals surface area contributed by atoms with Gasteiger partial charge in [-0.05, 0) is 30.2 Å². The fraction of sp³-hybridized carbons (Fsp3) is 0.176. The molecular weight excluding hydrogens is 229 g/mol. The van der Waals surface area contributed by atoms with Gasteiger partial charge in [0.2, 0.25) is 0 Å². The Morgan fingerprint density at radius 3 is 2.68 bits per heavy atom. The van der Waals surface area contributed by atoms with Gasteiger partial charge in [0.15, 0.2) is 0 Å². The Morgan fingerprint density at radius 1 is 1.05 bits per heavy atom. The van der Waals surface area contributed by atoms with Gasteiger partial charge in [0.05, 0.1) is 5.69 Å². The van der Waals surface area contributed by atoms with Gasteiger partial charge in [-0.15, -0.1) is 0 Å². The fourth-order valence-electron chi connectivity index (χ4n) is 3.00. The first kappa shape index (κ1) is 10.8. The van der Waals surface area contributed by atoms with Crippen molar-refractivity contribution in [1.29, 1.82) is 0 Å². The van der Waals surface area contributed by atoms with E-state index in [-0.39, 0.29) is 0 Å². The van der Waals surface area contributed by atoms with E-state index in [0.29, 0.717) is 0 Å². The van der Waals surface area contributed by atoms with Crippen LogP contribution in [0, 0.1) is 11.8 Å². The zero-order valence-electron chi connectivity index (χ0n) is 10.8. The first-order chi connectivity index (χ1) is 9.18. The Kier molecular flexibility index (Phi) is 1.95. The van der Waals surface area contributed by atoms with Crippen LogP contribution in [0.1, 0.15) is 29.2 Å². The molecule has 2 aliphatic rings. The molecule has 0 amide bonds. The van der Waals surface area contributed by atoms with Crippen LogP contribution >= 0.6 is 0 Å². The lowest BCUT2D eigenvalue weighted by molar-refractivity contribution is 0.540. The van der Waals surface area contributed by atoms with Crippen molar-refractivity contribution in [1.82, 2.24) is 0 Å². The molecule has 2 aliphatic heterocycles. The van der Waals surface area contributed by atoms with Crippen molar-refractivity contribution in [2.75, 3.05) is 4.90 Å². The minimum Gasteiger partial charge on any atom is -0.365 e. The molecule has 0 spiro atoms. The molecule has 0 N–H and O–H groups in total. The number of anilines is 1. The molecule has 0 aromatic heterocycles. The quantitative estimate of drug-likeness (QED) is 0.506. The van der Waals surface area contributed by atoms with Gasteiger partial charge in [-0.1, -0.05) is 42.2 Å². The molecule has 0 fully saturated rings. The Labute approximate surface area is 114 Å². The van der Waals surface area contributed by atoms with Crippen molar-refractivity contribution < 1.29 is 0 Å². The van der Waals surface area contributed by atoms with Crippen LogP contribution in [-0.2, 0) is 12.0 Å². The highest BCUT2D eigenvalue weighted by Gasteiger charge is 2.42. The minimum atomic E-state index is -0.391. The van der Waals surface area contributed by atoms with Crippen LogP contribution < -0.4 is 4.90 Å². The molecule has 2 heteroatoms. The Morgan fingerprint density at radius 2 is 1.79 bits per heavy atom. The second-order valence-corrected chi connectivity index (χ2v) is 5.34. The van der Waals surface area contributed by atoms with E-state index in [1.807, 2.05) is 12.1 Å². The van der Waals surface area contributed by atoms with E-state index in [2.05, 4.69) is 54.0 Å². The highest BCUT2D eigenvalue weighted by molar-refractivity contribution is 6.20. The zero-order chi connectivity index (χ0) is 13.0. The molecule has 0 bridgehead atoms. The predicted octanol–water partition coefficient (Wildman–Crippen LogP) is 2.76. The molecule has 0 saturated carbocycles. The van der Waals surface area contributed by atoms with Crippen LogP contribution in [0.2, 0.25) is 0 Å². The lowest BCUT2D eigenvalue weighted by Crippen LogP contribution is -2.53. The summed E-state index contributed by atoms with van der Waals surface area (Å²) in [4.78, 5) is 2.25. The molecule has 0 aliphatic carbocycles. The maximum Gasteiger partial charge on any atom is 0.110 e. The third kappa shape index (κ3) is 1.33. The summed E-state index contributed by atoms with van der Waals surface area (Å²) >= 11 is 0. The number of hydrogen-bond donors (Lipinski definition) is 0. The van der Waals surface area contributed by atoms with E-state index in [1.165, 1.54) is 16.8 Å². The maximum atomic E-state index is 6.45. The van der Waals surface area contributed by atoms with Crippen molar-refractivity contribution in [3.8, 4) is 11.8 Å². The largest absolute Gasteiger partial charge is 0.365 e. The molecule has 2 aromatic carbocycles. The second-order valence-electron chi connectivity index (χ2n) is 5.34. The van der Waals surface area contributed by atoms with E-state index in [1.54, 1.807) is 0 Å². The first-order valence-corrected chi connectivity index (χ1v) is 6.48. The molecule has 19 heavy (non-hydrogen) atoms. The van der Waals surface area contributed by atoms with Crippen molar-refractivity contribution in [3.63, 3.8) is 0 Å². The number of nitrogens with zero attached hydrogens (tertiary/aromatic N) is 1. The monoisotopic (exact) mass is 241 g/mol. The van der Waals surface area contributed by atoms with Crippen molar-refractivity contribution >= 4 is 13.5 Å². The summed E-state index contributed by atoms with van der Waals surface area (Å²) in [7, 11) is 6.45. The summed E-state index contributed by atoms with van der Waals surface area (Å²) in [5.74, 6) is 6.56. The van der Waals surface area contributed by atoms with E-state index in [0.717, 1.165) is 17.7 Å². The van der Waals surface area contributed by atoms with Gasteiger partial charge >= 0.3 is 0 Å². The van der Waals surface area contributed by atoms with Gasteiger partial charge in [0.1, 0.15) is 7.85 Å². The third-order valence-electron chi connectivity index (χ3n) is 4.09. The molecule has 2 radical (unpaired) electrons. The van der Waals surface area contributed by atoms with Crippen molar-refractivity contribution in [2.24, 2.45) is 0 Å². The van der Waals surface area contributed by atoms with E-state index in [4.69, 9.17) is 7.85 Å². The molecule has 1 nitrogen and oxygen atoms in total. The Balaban J connectivity index is 2.00. The van der Waals surface area contributed by atoms with Crippen LogP contribution in [-0.4, -0.2) is 7.85 Å². The lowest BCUT2D eigenvalue weighted by atomic mass is 9.64. The summed E-state index contributed by atoms with van der Waals surface area (Å²) in [5, 5.41) is 0. The smallest absolute Gasteiger partial charge is 0.110 e. The number of benzene rings is 2. The summed E-state index contributed by atoms with van der Waals surface area (Å²) in [6.07, 6.45) is 0. The number of hydrogen-bond acceptors (Lipinski definition) is 1. The molecule has 0 unspecified atom stereocenters. The lowest BCUT2D eigenvalue weighted by Gasteiger charge is -2.53. The van der Waals surface area contributed by atoms with Crippen LogP contribution in [0.25, 0.3) is 0 Å². The molecule has 2 aromatic rings.